The van der Waals surface area contributed by atoms with Gasteiger partial charge in [0.05, 0.1) is 7.05 Å². The molecule has 72 valence electrons. The standard InChI is InChI=1S/C11H18N2/c1-10(8-12)13(2)9-11-6-4-3-5-7-11/h3-7,10H,8-9,12H2,1-2H3/p+2/t10-/m1/s1. The zero-order chi connectivity index (χ0) is 9.68. The Balaban J connectivity index is 2.50. The Morgan fingerprint density at radius 1 is 1.31 bits per heavy atom. The van der Waals surface area contributed by atoms with Crippen LogP contribution >= 0.6 is 0 Å². The lowest BCUT2D eigenvalue weighted by Gasteiger charge is -2.18. The predicted molar refractivity (Wildman–Crippen MR) is 54.2 cm³/mol. The highest BCUT2D eigenvalue weighted by Gasteiger charge is 2.12. The van der Waals surface area contributed by atoms with Crippen molar-refractivity contribution in [3.8, 4) is 0 Å². The molecule has 0 saturated carbocycles. The first kappa shape index (κ1) is 10.2. The number of quaternary nitrogens is 2. The van der Waals surface area contributed by atoms with Gasteiger partial charge in [-0.2, -0.15) is 0 Å². The van der Waals surface area contributed by atoms with Crippen LogP contribution in [0.4, 0.5) is 0 Å². The molecule has 0 aliphatic heterocycles. The van der Waals surface area contributed by atoms with E-state index in [1.165, 1.54) is 10.5 Å². The summed E-state index contributed by atoms with van der Waals surface area (Å²) in [7, 11) is 2.23. The molecule has 2 nitrogen and oxygen atoms in total. The van der Waals surface area contributed by atoms with E-state index >= 15 is 0 Å². The molecule has 13 heavy (non-hydrogen) atoms. The molecule has 0 bridgehead atoms. The summed E-state index contributed by atoms with van der Waals surface area (Å²) in [5.41, 5.74) is 5.33. The molecular weight excluding hydrogens is 160 g/mol. The molecular formula is C11H20N2+2. The quantitative estimate of drug-likeness (QED) is 0.616. The van der Waals surface area contributed by atoms with Crippen LogP contribution in [-0.4, -0.2) is 19.6 Å². The third-order valence-electron chi connectivity index (χ3n) is 2.60. The number of nitrogens with one attached hydrogen (secondary N) is 1. The molecule has 1 unspecified atom stereocenters. The van der Waals surface area contributed by atoms with Crippen LogP contribution in [0.25, 0.3) is 0 Å². The molecule has 0 aliphatic carbocycles. The third-order valence-corrected chi connectivity index (χ3v) is 2.60. The van der Waals surface area contributed by atoms with E-state index in [2.05, 4.69) is 50.0 Å². The Kier molecular flexibility index (Phi) is 3.93. The van der Waals surface area contributed by atoms with E-state index in [9.17, 15) is 0 Å². The van der Waals surface area contributed by atoms with E-state index < -0.39 is 0 Å². The summed E-state index contributed by atoms with van der Waals surface area (Å²) >= 11 is 0. The van der Waals surface area contributed by atoms with Crippen LogP contribution in [0.15, 0.2) is 30.3 Å². The predicted octanol–water partition coefficient (Wildman–Crippen LogP) is -0.668. The van der Waals surface area contributed by atoms with Crippen LogP contribution in [0.2, 0.25) is 0 Å². The van der Waals surface area contributed by atoms with Gasteiger partial charge in [-0.25, -0.2) is 0 Å². The van der Waals surface area contributed by atoms with Crippen LogP contribution in [0.3, 0.4) is 0 Å². The van der Waals surface area contributed by atoms with E-state index in [0.29, 0.717) is 6.04 Å². The number of likely N-dealkylation sites (N-methyl/N-ethyl adjacent to an activating group) is 1. The fourth-order valence-corrected chi connectivity index (χ4v) is 1.34. The molecule has 0 fully saturated rings. The van der Waals surface area contributed by atoms with Gasteiger partial charge in [0.25, 0.3) is 0 Å². The van der Waals surface area contributed by atoms with Gasteiger partial charge in [0.1, 0.15) is 19.1 Å². The third kappa shape index (κ3) is 3.17. The first-order valence-corrected chi connectivity index (χ1v) is 4.89. The Morgan fingerprint density at radius 3 is 2.46 bits per heavy atom. The molecule has 1 aromatic carbocycles. The van der Waals surface area contributed by atoms with Crippen molar-refractivity contribution in [3.63, 3.8) is 0 Å². The van der Waals surface area contributed by atoms with Gasteiger partial charge >= 0.3 is 0 Å². The fourth-order valence-electron chi connectivity index (χ4n) is 1.34. The molecule has 0 spiro atoms. The average molecular weight is 180 g/mol. The largest absolute Gasteiger partial charge is 0.353 e. The van der Waals surface area contributed by atoms with Gasteiger partial charge in [-0.05, 0) is 6.92 Å². The normalized spacial score (nSPS) is 15.3. The lowest BCUT2D eigenvalue weighted by atomic mass is 10.2. The molecule has 4 N–H and O–H groups in total. The maximum Gasteiger partial charge on any atom is 0.134 e. The number of rotatable bonds is 4. The summed E-state index contributed by atoms with van der Waals surface area (Å²) in [6.45, 7) is 4.33. The van der Waals surface area contributed by atoms with Crippen LogP contribution in [0.5, 0.6) is 0 Å². The van der Waals surface area contributed by atoms with Crippen LogP contribution < -0.4 is 10.6 Å². The molecule has 0 amide bonds. The van der Waals surface area contributed by atoms with Crippen molar-refractivity contribution < 1.29 is 10.6 Å². The van der Waals surface area contributed by atoms with E-state index in [-0.39, 0.29) is 0 Å². The van der Waals surface area contributed by atoms with Crippen molar-refractivity contribution in [2.75, 3.05) is 13.6 Å². The highest BCUT2D eigenvalue weighted by Crippen LogP contribution is 1.95. The van der Waals surface area contributed by atoms with Crippen molar-refractivity contribution in [1.29, 1.82) is 0 Å². The maximum atomic E-state index is 3.93. The molecule has 0 radical (unpaired) electrons. The summed E-state index contributed by atoms with van der Waals surface area (Å²) in [6, 6.07) is 11.2. The van der Waals surface area contributed by atoms with Gasteiger partial charge in [0, 0.05) is 5.56 Å². The highest BCUT2D eigenvalue weighted by atomic mass is 15.1. The molecule has 0 aromatic heterocycles. The maximum absolute atomic E-state index is 3.93. The van der Waals surface area contributed by atoms with Crippen molar-refractivity contribution in [3.05, 3.63) is 35.9 Å². The molecule has 1 rings (SSSR count). The molecule has 2 heteroatoms. The molecule has 0 saturated heterocycles. The Morgan fingerprint density at radius 2 is 1.92 bits per heavy atom. The zero-order valence-corrected chi connectivity index (χ0v) is 8.59. The van der Waals surface area contributed by atoms with Gasteiger partial charge in [0.2, 0.25) is 0 Å². The second-order valence-corrected chi connectivity index (χ2v) is 3.70. The van der Waals surface area contributed by atoms with E-state index in [1.807, 2.05) is 0 Å². The second kappa shape index (κ2) is 5.00. The number of hydrogen-bond donors (Lipinski definition) is 2. The monoisotopic (exact) mass is 180 g/mol. The minimum atomic E-state index is 0.639. The van der Waals surface area contributed by atoms with Crippen molar-refractivity contribution in [1.82, 2.24) is 0 Å². The minimum absolute atomic E-state index is 0.639. The number of benzene rings is 1. The van der Waals surface area contributed by atoms with Crippen molar-refractivity contribution >= 4 is 0 Å². The topological polar surface area (TPSA) is 32.1 Å². The van der Waals surface area contributed by atoms with Gasteiger partial charge < -0.3 is 10.6 Å². The van der Waals surface area contributed by atoms with Gasteiger partial charge in [-0.15, -0.1) is 0 Å². The smallest absolute Gasteiger partial charge is 0.134 e. The summed E-state index contributed by atoms with van der Waals surface area (Å²) in [5, 5.41) is 0. The summed E-state index contributed by atoms with van der Waals surface area (Å²) in [6.07, 6.45) is 0. The Labute approximate surface area is 80.4 Å². The lowest BCUT2D eigenvalue weighted by molar-refractivity contribution is -0.923. The zero-order valence-electron chi connectivity index (χ0n) is 8.59. The number of hydrogen-bond acceptors (Lipinski definition) is 0. The minimum Gasteiger partial charge on any atom is -0.353 e. The van der Waals surface area contributed by atoms with Gasteiger partial charge in [-0.1, -0.05) is 30.3 Å². The second-order valence-electron chi connectivity index (χ2n) is 3.70. The SMILES string of the molecule is C[C@H](C[NH3+])[NH+](C)Cc1ccccc1. The van der Waals surface area contributed by atoms with Crippen molar-refractivity contribution in [2.24, 2.45) is 0 Å². The summed E-state index contributed by atoms with van der Waals surface area (Å²) in [4.78, 5) is 1.53. The van der Waals surface area contributed by atoms with Crippen molar-refractivity contribution in [2.45, 2.75) is 19.5 Å². The molecule has 0 heterocycles. The Hall–Kier alpha value is -0.860. The summed E-state index contributed by atoms with van der Waals surface area (Å²) in [5.74, 6) is 0. The first-order chi connectivity index (χ1) is 6.24. The van der Waals surface area contributed by atoms with Gasteiger partial charge in [-0.3, -0.25) is 0 Å². The van der Waals surface area contributed by atoms with E-state index in [0.717, 1.165) is 13.1 Å². The molecule has 0 aliphatic rings. The van der Waals surface area contributed by atoms with E-state index in [4.69, 9.17) is 0 Å². The summed E-state index contributed by atoms with van der Waals surface area (Å²) < 4.78 is 0. The molecule has 1 aromatic rings. The fraction of sp³-hybridized carbons (Fsp3) is 0.455. The first-order valence-electron chi connectivity index (χ1n) is 4.89. The van der Waals surface area contributed by atoms with Crippen LogP contribution in [0, 0.1) is 0 Å². The van der Waals surface area contributed by atoms with Crippen LogP contribution in [-0.2, 0) is 6.54 Å². The average Bonchev–Trinajstić information content (AvgIpc) is 2.18. The lowest BCUT2D eigenvalue weighted by Crippen LogP contribution is -3.13. The van der Waals surface area contributed by atoms with Crippen LogP contribution in [0.1, 0.15) is 12.5 Å². The highest BCUT2D eigenvalue weighted by molar-refractivity contribution is 5.13. The van der Waals surface area contributed by atoms with Gasteiger partial charge in [0.15, 0.2) is 0 Å². The van der Waals surface area contributed by atoms with E-state index in [1.54, 1.807) is 0 Å². The molecule has 2 atom stereocenters. The Bertz CT molecular complexity index is 233.